The third-order valence-corrected chi connectivity index (χ3v) is 4.89. The Morgan fingerprint density at radius 1 is 1.29 bits per heavy atom. The van der Waals surface area contributed by atoms with Crippen molar-refractivity contribution in [3.8, 4) is 5.75 Å². The fraction of sp³-hybridized carbons (Fsp3) is 0.650. The summed E-state index contributed by atoms with van der Waals surface area (Å²) in [6, 6.07) is 8.31. The lowest BCUT2D eigenvalue weighted by atomic mass is 9.93. The summed E-state index contributed by atoms with van der Waals surface area (Å²) in [7, 11) is 1.71. The van der Waals surface area contributed by atoms with E-state index in [4.69, 9.17) is 4.74 Å². The van der Waals surface area contributed by atoms with Crippen molar-refractivity contribution in [3.05, 3.63) is 29.8 Å². The Bertz CT molecular complexity index is 543. The van der Waals surface area contributed by atoms with Gasteiger partial charge in [0.05, 0.1) is 13.2 Å². The van der Waals surface area contributed by atoms with Crippen LogP contribution < -0.4 is 10.1 Å². The van der Waals surface area contributed by atoms with Crippen LogP contribution in [0, 0.1) is 11.3 Å². The van der Waals surface area contributed by atoms with Gasteiger partial charge in [-0.3, -0.25) is 9.69 Å². The summed E-state index contributed by atoms with van der Waals surface area (Å²) in [6.07, 6.45) is 2.41. The molecule has 0 aromatic heterocycles. The number of likely N-dealkylation sites (tertiary alicyclic amines) is 1. The second kappa shape index (κ2) is 8.02. The Morgan fingerprint density at radius 2 is 1.92 bits per heavy atom. The third-order valence-electron chi connectivity index (χ3n) is 4.89. The molecule has 2 rings (SSSR count). The van der Waals surface area contributed by atoms with Gasteiger partial charge in [0.1, 0.15) is 5.75 Å². The van der Waals surface area contributed by atoms with E-state index in [0.717, 1.165) is 30.3 Å². The van der Waals surface area contributed by atoms with Crippen LogP contribution in [0.1, 0.15) is 52.1 Å². The van der Waals surface area contributed by atoms with E-state index in [0.29, 0.717) is 6.54 Å². The van der Waals surface area contributed by atoms with Gasteiger partial charge in [-0.15, -0.1) is 0 Å². The van der Waals surface area contributed by atoms with Crippen molar-refractivity contribution in [1.29, 1.82) is 0 Å². The average molecular weight is 332 g/mol. The second-order valence-electron chi connectivity index (χ2n) is 7.94. The number of ether oxygens (including phenoxy) is 1. The number of rotatable bonds is 5. The van der Waals surface area contributed by atoms with Gasteiger partial charge in [0.15, 0.2) is 0 Å². The zero-order valence-corrected chi connectivity index (χ0v) is 15.8. The van der Waals surface area contributed by atoms with Crippen molar-refractivity contribution in [1.82, 2.24) is 10.2 Å². The minimum absolute atomic E-state index is 0.0905. The maximum absolute atomic E-state index is 12.3. The van der Waals surface area contributed by atoms with Gasteiger partial charge in [0, 0.05) is 17.5 Å². The molecule has 1 aliphatic heterocycles. The van der Waals surface area contributed by atoms with Crippen molar-refractivity contribution in [2.75, 3.05) is 26.7 Å². The molecule has 1 saturated heterocycles. The number of amides is 1. The van der Waals surface area contributed by atoms with Gasteiger partial charge in [-0.25, -0.2) is 0 Å². The van der Waals surface area contributed by atoms with E-state index in [-0.39, 0.29) is 17.4 Å². The van der Waals surface area contributed by atoms with Gasteiger partial charge in [-0.05, 0) is 37.9 Å². The molecule has 0 spiro atoms. The Balaban J connectivity index is 2.20. The monoisotopic (exact) mass is 332 g/mol. The van der Waals surface area contributed by atoms with Gasteiger partial charge in [0.2, 0.25) is 5.91 Å². The molecule has 0 aliphatic carbocycles. The molecule has 1 fully saturated rings. The number of benzene rings is 1. The van der Waals surface area contributed by atoms with E-state index >= 15 is 0 Å². The Kier molecular flexibility index (Phi) is 6.27. The lowest BCUT2D eigenvalue weighted by Gasteiger charge is -2.38. The topological polar surface area (TPSA) is 41.6 Å². The molecule has 1 N–H and O–H groups in total. The van der Waals surface area contributed by atoms with Gasteiger partial charge in [0.25, 0.3) is 0 Å². The van der Waals surface area contributed by atoms with Gasteiger partial charge < -0.3 is 10.1 Å². The number of piperidine rings is 1. The maximum Gasteiger partial charge on any atom is 0.225 e. The minimum Gasteiger partial charge on any atom is -0.496 e. The lowest BCUT2D eigenvalue weighted by molar-refractivity contribution is -0.128. The van der Waals surface area contributed by atoms with E-state index < -0.39 is 0 Å². The maximum atomic E-state index is 12.3. The molecule has 24 heavy (non-hydrogen) atoms. The van der Waals surface area contributed by atoms with Crippen molar-refractivity contribution < 1.29 is 9.53 Å². The van der Waals surface area contributed by atoms with Crippen LogP contribution in [0.15, 0.2) is 24.3 Å². The van der Waals surface area contributed by atoms with Crippen LogP contribution in [0.4, 0.5) is 0 Å². The summed E-state index contributed by atoms with van der Waals surface area (Å²) in [6.45, 7) is 10.9. The number of hydrogen-bond donors (Lipinski definition) is 1. The normalized spacial score (nSPS) is 18.2. The molecule has 0 bridgehead atoms. The Morgan fingerprint density at radius 3 is 2.50 bits per heavy atom. The van der Waals surface area contributed by atoms with Crippen molar-refractivity contribution in [2.45, 2.75) is 46.6 Å². The van der Waals surface area contributed by atoms with E-state index in [1.165, 1.54) is 12.8 Å². The number of para-hydroxylation sites is 1. The molecule has 0 radical (unpaired) electrons. The van der Waals surface area contributed by atoms with Crippen molar-refractivity contribution in [3.63, 3.8) is 0 Å². The highest BCUT2D eigenvalue weighted by atomic mass is 16.5. The molecule has 1 atom stereocenters. The lowest BCUT2D eigenvalue weighted by Crippen LogP contribution is -2.44. The number of nitrogens with zero attached hydrogens (tertiary/aromatic N) is 1. The molecular formula is C20H32N2O2. The van der Waals surface area contributed by atoms with E-state index in [1.54, 1.807) is 7.11 Å². The molecule has 1 aliphatic rings. The standard InChI is InChI=1S/C20H32N2O2/c1-15-10-12-22(13-11-15)17(14-21-19(23)20(2,3)4)16-8-6-7-9-18(16)24-5/h6-9,15,17H,10-14H2,1-5H3,(H,21,23). The molecule has 0 saturated carbocycles. The SMILES string of the molecule is COc1ccccc1C(CNC(=O)C(C)(C)C)N1CCC(C)CC1. The summed E-state index contributed by atoms with van der Waals surface area (Å²) >= 11 is 0. The highest BCUT2D eigenvalue weighted by molar-refractivity contribution is 5.81. The van der Waals surface area contributed by atoms with Crippen molar-refractivity contribution >= 4 is 5.91 Å². The van der Waals surface area contributed by atoms with E-state index in [1.807, 2.05) is 39.0 Å². The third kappa shape index (κ3) is 4.73. The van der Waals surface area contributed by atoms with Crippen LogP contribution in [0.3, 0.4) is 0 Å². The summed E-state index contributed by atoms with van der Waals surface area (Å²) < 4.78 is 5.57. The molecule has 1 heterocycles. The molecule has 1 aromatic rings. The summed E-state index contributed by atoms with van der Waals surface area (Å²) in [5, 5.41) is 3.14. The quantitative estimate of drug-likeness (QED) is 0.895. The first-order valence-corrected chi connectivity index (χ1v) is 8.98. The number of nitrogens with one attached hydrogen (secondary N) is 1. The summed E-state index contributed by atoms with van der Waals surface area (Å²) in [5.74, 6) is 1.77. The van der Waals surface area contributed by atoms with E-state index in [2.05, 4.69) is 23.2 Å². The van der Waals surface area contributed by atoms with Crippen molar-refractivity contribution in [2.24, 2.45) is 11.3 Å². The number of hydrogen-bond acceptors (Lipinski definition) is 3. The highest BCUT2D eigenvalue weighted by Crippen LogP contribution is 2.32. The largest absolute Gasteiger partial charge is 0.496 e. The molecule has 4 heteroatoms. The van der Waals surface area contributed by atoms with Gasteiger partial charge >= 0.3 is 0 Å². The summed E-state index contributed by atoms with van der Waals surface area (Å²) in [4.78, 5) is 14.8. The Labute approximate surface area is 146 Å². The zero-order chi connectivity index (χ0) is 17.7. The first-order chi connectivity index (χ1) is 11.3. The summed E-state index contributed by atoms with van der Waals surface area (Å²) in [5.41, 5.74) is 0.783. The van der Waals surface area contributed by atoms with Crippen LogP contribution in [0.25, 0.3) is 0 Å². The smallest absolute Gasteiger partial charge is 0.225 e. The van der Waals surface area contributed by atoms with Crippen LogP contribution in [0.2, 0.25) is 0 Å². The molecule has 1 aromatic carbocycles. The molecule has 4 nitrogen and oxygen atoms in total. The van der Waals surface area contributed by atoms with Crippen LogP contribution >= 0.6 is 0 Å². The number of carbonyl (C=O) groups is 1. The number of methoxy groups -OCH3 is 1. The van der Waals surface area contributed by atoms with Gasteiger partial charge in [-0.1, -0.05) is 45.9 Å². The molecule has 1 amide bonds. The highest BCUT2D eigenvalue weighted by Gasteiger charge is 2.28. The fourth-order valence-electron chi connectivity index (χ4n) is 3.17. The van der Waals surface area contributed by atoms with E-state index in [9.17, 15) is 4.79 Å². The van der Waals surface area contributed by atoms with Crippen LogP contribution in [-0.2, 0) is 4.79 Å². The molecular weight excluding hydrogens is 300 g/mol. The zero-order valence-electron chi connectivity index (χ0n) is 15.8. The predicted molar refractivity (Wildman–Crippen MR) is 98.2 cm³/mol. The van der Waals surface area contributed by atoms with Crippen LogP contribution in [0.5, 0.6) is 5.75 Å². The first kappa shape index (κ1) is 18.8. The van der Waals surface area contributed by atoms with Gasteiger partial charge in [-0.2, -0.15) is 0 Å². The molecule has 134 valence electrons. The van der Waals surface area contributed by atoms with Crippen LogP contribution in [-0.4, -0.2) is 37.6 Å². The first-order valence-electron chi connectivity index (χ1n) is 8.98. The number of carbonyl (C=O) groups excluding carboxylic acids is 1. The Hall–Kier alpha value is -1.55. The second-order valence-corrected chi connectivity index (χ2v) is 7.94. The average Bonchev–Trinajstić information content (AvgIpc) is 2.56. The predicted octanol–water partition coefficient (Wildman–Crippen LogP) is 3.63. The fourth-order valence-corrected chi connectivity index (χ4v) is 3.17. The minimum atomic E-state index is -0.373. The molecule has 1 unspecified atom stereocenters.